The quantitative estimate of drug-likeness (QED) is 0.697. The van der Waals surface area contributed by atoms with Crippen molar-refractivity contribution in [2.24, 2.45) is 5.92 Å². The number of aliphatic hydroxyl groups is 1. The van der Waals surface area contributed by atoms with Crippen molar-refractivity contribution in [1.29, 1.82) is 0 Å². The molecule has 0 radical (unpaired) electrons. The highest BCUT2D eigenvalue weighted by Crippen LogP contribution is 2.51. The minimum Gasteiger partial charge on any atom is -0.507 e. The number of hydrogen-bond donors (Lipinski definition) is 2. The highest BCUT2D eigenvalue weighted by atomic mass is 127. The van der Waals surface area contributed by atoms with Crippen LogP contribution in [0.15, 0.2) is 24.4 Å². The van der Waals surface area contributed by atoms with E-state index >= 15 is 0 Å². The highest BCUT2D eigenvalue weighted by Gasteiger charge is 2.51. The van der Waals surface area contributed by atoms with Gasteiger partial charge in [0, 0.05) is 22.6 Å². The van der Waals surface area contributed by atoms with Crippen LogP contribution in [0, 0.1) is 9.49 Å². The van der Waals surface area contributed by atoms with Gasteiger partial charge >= 0.3 is 0 Å². The smallest absolute Gasteiger partial charge is 0.168 e. The second-order valence-corrected chi connectivity index (χ2v) is 8.04. The van der Waals surface area contributed by atoms with E-state index in [4.69, 9.17) is 4.74 Å². The van der Waals surface area contributed by atoms with Crippen molar-refractivity contribution in [2.75, 3.05) is 0 Å². The first kappa shape index (κ1) is 14.8. The van der Waals surface area contributed by atoms with Crippen LogP contribution in [0.4, 0.5) is 0 Å². The van der Waals surface area contributed by atoms with Gasteiger partial charge in [0.1, 0.15) is 11.5 Å². The summed E-state index contributed by atoms with van der Waals surface area (Å²) < 4.78 is 9.40. The van der Waals surface area contributed by atoms with Crippen molar-refractivity contribution in [3.05, 3.63) is 28.0 Å². The van der Waals surface area contributed by atoms with Gasteiger partial charge in [-0.05, 0) is 59.9 Å². The fourth-order valence-corrected chi connectivity index (χ4v) is 5.20. The van der Waals surface area contributed by atoms with Crippen LogP contribution in [-0.4, -0.2) is 20.6 Å². The van der Waals surface area contributed by atoms with Gasteiger partial charge in [0.15, 0.2) is 5.79 Å². The molecule has 2 N–H and O–H groups in total. The maximum absolute atomic E-state index is 10.7. The Hall–Kier alpha value is -0.790. The largest absolute Gasteiger partial charge is 0.507 e. The maximum Gasteiger partial charge on any atom is 0.168 e. The number of fused-ring (bicyclic) bond motifs is 3. The van der Waals surface area contributed by atoms with Gasteiger partial charge in [-0.3, -0.25) is 0 Å². The van der Waals surface area contributed by atoms with Crippen LogP contribution in [0.1, 0.15) is 39.0 Å². The lowest BCUT2D eigenvalue weighted by Gasteiger charge is -2.52. The van der Waals surface area contributed by atoms with Gasteiger partial charge in [-0.1, -0.05) is 13.0 Å². The molecular formula is C17H20INO3. The van der Waals surface area contributed by atoms with E-state index < -0.39 is 11.5 Å². The molecule has 2 aliphatic rings. The number of phenols is 1. The first-order valence-corrected chi connectivity index (χ1v) is 8.92. The zero-order valence-electron chi connectivity index (χ0n) is 12.6. The molecule has 5 heteroatoms. The van der Waals surface area contributed by atoms with Gasteiger partial charge in [-0.15, -0.1) is 0 Å². The van der Waals surface area contributed by atoms with Crippen LogP contribution in [0.3, 0.4) is 0 Å². The molecule has 0 spiro atoms. The molecule has 0 aliphatic carbocycles. The SMILES string of the molecule is CC1CC2(O)CCCC(n3cc(I)c4c(O)cccc43)(C1)O2. The number of hydrogen-bond acceptors (Lipinski definition) is 3. The Kier molecular flexibility index (Phi) is 3.26. The lowest BCUT2D eigenvalue weighted by molar-refractivity contribution is -0.351. The Morgan fingerprint density at radius 1 is 1.32 bits per heavy atom. The minimum atomic E-state index is -1.01. The molecule has 3 unspecified atom stereocenters. The predicted octanol–water partition coefficient (Wildman–Crippen LogP) is 3.92. The number of benzene rings is 1. The van der Waals surface area contributed by atoms with Gasteiger partial charge in [0.25, 0.3) is 0 Å². The Labute approximate surface area is 143 Å². The van der Waals surface area contributed by atoms with Gasteiger partial charge in [-0.25, -0.2) is 0 Å². The van der Waals surface area contributed by atoms with Crippen LogP contribution < -0.4 is 0 Å². The molecule has 4 rings (SSSR count). The molecule has 3 heterocycles. The summed E-state index contributed by atoms with van der Waals surface area (Å²) in [5, 5.41) is 21.8. The number of aromatic nitrogens is 1. The van der Waals surface area contributed by atoms with Crippen LogP contribution in [0.25, 0.3) is 10.9 Å². The lowest BCUT2D eigenvalue weighted by Crippen LogP contribution is -2.55. The van der Waals surface area contributed by atoms with Crippen LogP contribution >= 0.6 is 22.6 Å². The van der Waals surface area contributed by atoms with Crippen molar-refractivity contribution in [1.82, 2.24) is 4.57 Å². The van der Waals surface area contributed by atoms with Crippen LogP contribution in [0.2, 0.25) is 0 Å². The van der Waals surface area contributed by atoms with E-state index in [9.17, 15) is 10.2 Å². The van der Waals surface area contributed by atoms with Gasteiger partial charge < -0.3 is 19.5 Å². The number of nitrogens with zero attached hydrogens (tertiary/aromatic N) is 1. The van der Waals surface area contributed by atoms with Crippen molar-refractivity contribution in [2.45, 2.75) is 50.5 Å². The summed E-state index contributed by atoms with van der Waals surface area (Å²) in [6.07, 6.45) is 6.21. The molecule has 1 aromatic carbocycles. The molecule has 2 aliphatic heterocycles. The molecule has 0 amide bonds. The second kappa shape index (κ2) is 4.85. The predicted molar refractivity (Wildman–Crippen MR) is 92.6 cm³/mol. The molecule has 0 saturated carbocycles. The summed E-state index contributed by atoms with van der Waals surface area (Å²) >= 11 is 2.26. The van der Waals surface area contributed by atoms with Crippen molar-refractivity contribution in [3.63, 3.8) is 0 Å². The topological polar surface area (TPSA) is 54.6 Å². The molecule has 22 heavy (non-hydrogen) atoms. The third kappa shape index (κ3) is 2.09. The molecule has 118 valence electrons. The van der Waals surface area contributed by atoms with E-state index in [1.165, 1.54) is 0 Å². The summed E-state index contributed by atoms with van der Waals surface area (Å²) in [5.74, 6) is -0.298. The highest BCUT2D eigenvalue weighted by molar-refractivity contribution is 14.1. The van der Waals surface area contributed by atoms with E-state index in [-0.39, 0.29) is 0 Å². The Balaban J connectivity index is 1.92. The van der Waals surface area contributed by atoms with E-state index in [1.807, 2.05) is 12.1 Å². The van der Waals surface area contributed by atoms with Gasteiger partial charge in [0.05, 0.1) is 10.9 Å². The van der Waals surface area contributed by atoms with Crippen molar-refractivity contribution >= 4 is 33.5 Å². The first-order chi connectivity index (χ1) is 10.4. The fourth-order valence-electron chi connectivity index (χ4n) is 4.37. The van der Waals surface area contributed by atoms with Gasteiger partial charge in [-0.2, -0.15) is 0 Å². The molecule has 3 atom stereocenters. The van der Waals surface area contributed by atoms with Crippen LogP contribution in [0.5, 0.6) is 5.75 Å². The molecule has 2 fully saturated rings. The zero-order valence-corrected chi connectivity index (χ0v) is 14.7. The van der Waals surface area contributed by atoms with Crippen molar-refractivity contribution < 1.29 is 14.9 Å². The van der Waals surface area contributed by atoms with Crippen LogP contribution in [-0.2, 0) is 10.5 Å². The average Bonchev–Trinajstić information content (AvgIpc) is 2.76. The van der Waals surface area contributed by atoms with E-state index in [2.05, 4.69) is 40.3 Å². The average molecular weight is 413 g/mol. The molecule has 2 bridgehead atoms. The molecule has 4 nitrogen and oxygen atoms in total. The normalized spacial score (nSPS) is 35.0. The summed E-state index contributed by atoms with van der Waals surface area (Å²) in [5.41, 5.74) is 0.475. The summed E-state index contributed by atoms with van der Waals surface area (Å²) in [6, 6.07) is 5.60. The van der Waals surface area contributed by atoms with E-state index in [1.54, 1.807) is 6.07 Å². The molecular weight excluding hydrogens is 393 g/mol. The molecule has 2 saturated heterocycles. The monoisotopic (exact) mass is 413 g/mol. The maximum atomic E-state index is 10.7. The second-order valence-electron chi connectivity index (χ2n) is 6.88. The fraction of sp³-hybridized carbons (Fsp3) is 0.529. The zero-order chi connectivity index (χ0) is 15.5. The summed E-state index contributed by atoms with van der Waals surface area (Å²) in [7, 11) is 0. The number of aromatic hydroxyl groups is 1. The minimum absolute atomic E-state index is 0.298. The number of ether oxygens (including phenoxy) is 1. The Morgan fingerprint density at radius 3 is 2.95 bits per heavy atom. The Bertz CT molecular complexity index is 743. The van der Waals surface area contributed by atoms with E-state index in [0.717, 1.165) is 33.7 Å². The number of halogens is 1. The first-order valence-electron chi connectivity index (χ1n) is 7.84. The molecule has 1 aromatic heterocycles. The lowest BCUT2D eigenvalue weighted by atomic mass is 9.79. The molecule has 2 aromatic rings. The standard InChI is InChI=1S/C17H20INO3/c1-11-8-16(6-3-7-17(21,9-11)22-16)19-10-12(18)15-13(19)4-2-5-14(15)20/h2,4-5,10-11,20-21H,3,6-9H2,1H3. The number of rotatable bonds is 1. The summed E-state index contributed by atoms with van der Waals surface area (Å²) in [4.78, 5) is 0. The van der Waals surface area contributed by atoms with Crippen molar-refractivity contribution in [3.8, 4) is 5.75 Å². The summed E-state index contributed by atoms with van der Waals surface area (Å²) in [6.45, 7) is 2.18. The van der Waals surface area contributed by atoms with Gasteiger partial charge in [0.2, 0.25) is 0 Å². The third-order valence-electron chi connectivity index (χ3n) is 5.05. The Morgan fingerprint density at radius 2 is 2.14 bits per heavy atom. The van der Waals surface area contributed by atoms with E-state index in [0.29, 0.717) is 24.5 Å². The number of phenolic OH excluding ortho intramolecular Hbond substituents is 1. The third-order valence-corrected chi connectivity index (χ3v) is 5.87.